The third-order valence-electron chi connectivity index (χ3n) is 4.20. The van der Waals surface area contributed by atoms with E-state index in [0.29, 0.717) is 19.6 Å². The molecule has 0 spiro atoms. The molecule has 5 heteroatoms. The number of ether oxygens (including phenoxy) is 1. The summed E-state index contributed by atoms with van der Waals surface area (Å²) in [6.45, 7) is 7.05. The zero-order chi connectivity index (χ0) is 15.3. The van der Waals surface area contributed by atoms with Crippen LogP contribution < -0.4 is 10.5 Å². The highest BCUT2D eigenvalue weighted by Gasteiger charge is 2.34. The smallest absolute Gasteiger partial charge is 0.222 e. The minimum Gasteiger partial charge on any atom is -0.494 e. The van der Waals surface area contributed by atoms with Gasteiger partial charge in [0.25, 0.3) is 0 Å². The zero-order valence-electron chi connectivity index (χ0n) is 13.5. The predicted molar refractivity (Wildman–Crippen MR) is 91.5 cm³/mol. The molecule has 1 aliphatic rings. The molecule has 0 aromatic heterocycles. The Morgan fingerprint density at radius 3 is 2.86 bits per heavy atom. The highest BCUT2D eigenvalue weighted by molar-refractivity contribution is 5.85. The Labute approximate surface area is 139 Å². The molecule has 124 valence electrons. The van der Waals surface area contributed by atoms with Crippen LogP contribution in [-0.2, 0) is 4.79 Å². The Hall–Kier alpha value is -1.26. The highest BCUT2D eigenvalue weighted by Crippen LogP contribution is 2.28. The number of carbonyl (C=O) groups is 1. The van der Waals surface area contributed by atoms with Gasteiger partial charge in [0, 0.05) is 19.5 Å². The maximum absolute atomic E-state index is 12.1. The van der Waals surface area contributed by atoms with Crippen molar-refractivity contribution < 1.29 is 9.53 Å². The number of hydrogen-bond acceptors (Lipinski definition) is 3. The molecule has 1 atom stereocenters. The van der Waals surface area contributed by atoms with Gasteiger partial charge in [-0.3, -0.25) is 4.79 Å². The third-order valence-corrected chi connectivity index (χ3v) is 4.20. The molecule has 1 unspecified atom stereocenters. The van der Waals surface area contributed by atoms with Gasteiger partial charge >= 0.3 is 0 Å². The van der Waals surface area contributed by atoms with Crippen molar-refractivity contribution in [3.05, 3.63) is 29.8 Å². The van der Waals surface area contributed by atoms with Gasteiger partial charge in [-0.05, 0) is 49.4 Å². The quantitative estimate of drug-likeness (QED) is 0.818. The van der Waals surface area contributed by atoms with Gasteiger partial charge in [-0.15, -0.1) is 12.4 Å². The van der Waals surface area contributed by atoms with Crippen molar-refractivity contribution in [3.63, 3.8) is 0 Å². The monoisotopic (exact) mass is 326 g/mol. The summed E-state index contributed by atoms with van der Waals surface area (Å²) in [5.41, 5.74) is 7.06. The number of amides is 1. The van der Waals surface area contributed by atoms with Crippen molar-refractivity contribution in [2.24, 2.45) is 11.1 Å². The Morgan fingerprint density at radius 2 is 2.23 bits per heavy atom. The Morgan fingerprint density at radius 1 is 1.45 bits per heavy atom. The highest BCUT2D eigenvalue weighted by atomic mass is 35.5. The van der Waals surface area contributed by atoms with E-state index in [0.717, 1.165) is 31.7 Å². The van der Waals surface area contributed by atoms with Gasteiger partial charge in [0.15, 0.2) is 0 Å². The first kappa shape index (κ1) is 18.8. The molecule has 0 aliphatic carbocycles. The first-order valence-electron chi connectivity index (χ1n) is 7.70. The van der Waals surface area contributed by atoms with E-state index in [1.165, 1.54) is 5.56 Å². The minimum absolute atomic E-state index is 0. The number of rotatable bonds is 6. The van der Waals surface area contributed by atoms with Crippen molar-refractivity contribution >= 4 is 18.3 Å². The van der Waals surface area contributed by atoms with Crippen LogP contribution in [-0.4, -0.2) is 37.0 Å². The minimum atomic E-state index is 0. The fraction of sp³-hybridized carbons (Fsp3) is 0.588. The average Bonchev–Trinajstić information content (AvgIpc) is 2.87. The van der Waals surface area contributed by atoms with Gasteiger partial charge in [0.05, 0.1) is 6.61 Å². The summed E-state index contributed by atoms with van der Waals surface area (Å²) in [4.78, 5) is 14.1. The second-order valence-electron chi connectivity index (χ2n) is 6.35. The van der Waals surface area contributed by atoms with Crippen molar-refractivity contribution in [1.29, 1.82) is 0 Å². The van der Waals surface area contributed by atoms with Crippen LogP contribution in [0.25, 0.3) is 0 Å². The molecule has 4 nitrogen and oxygen atoms in total. The standard InChI is InChI=1S/C17H26N2O2.ClH/c1-14-5-3-6-15(11-14)21-10-4-7-16(20)19-9-8-17(2,12-18)13-19;/h3,5-6,11H,4,7-10,12-13,18H2,1-2H3;1H. The lowest BCUT2D eigenvalue weighted by molar-refractivity contribution is -0.130. The van der Waals surface area contributed by atoms with Gasteiger partial charge in [-0.2, -0.15) is 0 Å². The largest absolute Gasteiger partial charge is 0.494 e. The summed E-state index contributed by atoms with van der Waals surface area (Å²) in [5.74, 6) is 1.10. The molecule has 2 N–H and O–H groups in total. The number of benzene rings is 1. The molecule has 2 rings (SSSR count). The molecule has 1 fully saturated rings. The molecular weight excluding hydrogens is 300 g/mol. The zero-order valence-corrected chi connectivity index (χ0v) is 14.3. The van der Waals surface area contributed by atoms with E-state index in [2.05, 4.69) is 6.92 Å². The number of likely N-dealkylation sites (tertiary alicyclic amines) is 1. The van der Waals surface area contributed by atoms with Crippen molar-refractivity contribution in [2.45, 2.75) is 33.1 Å². The lowest BCUT2D eigenvalue weighted by Crippen LogP contribution is -2.34. The summed E-state index contributed by atoms with van der Waals surface area (Å²) in [6, 6.07) is 7.98. The number of nitrogens with two attached hydrogens (primary N) is 1. The van der Waals surface area contributed by atoms with Gasteiger partial charge in [0.2, 0.25) is 5.91 Å². The van der Waals surface area contributed by atoms with Gasteiger partial charge in [-0.25, -0.2) is 0 Å². The van der Waals surface area contributed by atoms with E-state index in [1.807, 2.05) is 36.1 Å². The van der Waals surface area contributed by atoms with Crippen LogP contribution >= 0.6 is 12.4 Å². The van der Waals surface area contributed by atoms with Crippen molar-refractivity contribution in [2.75, 3.05) is 26.2 Å². The summed E-state index contributed by atoms with van der Waals surface area (Å²) in [5, 5.41) is 0. The third kappa shape index (κ3) is 5.18. The van der Waals surface area contributed by atoms with Crippen LogP contribution in [0.1, 0.15) is 31.7 Å². The molecule has 22 heavy (non-hydrogen) atoms. The SMILES string of the molecule is Cc1cccc(OCCCC(=O)N2CCC(C)(CN)C2)c1.Cl. The Bertz CT molecular complexity index is 495. The van der Waals surface area contributed by atoms with Gasteiger partial charge < -0.3 is 15.4 Å². The maximum Gasteiger partial charge on any atom is 0.222 e. The Kier molecular flexibility index (Phi) is 7.17. The predicted octanol–water partition coefficient (Wildman–Crippen LogP) is 2.77. The summed E-state index contributed by atoms with van der Waals surface area (Å²) in [6.07, 6.45) is 2.31. The van der Waals surface area contributed by atoms with Crippen LogP contribution in [0.5, 0.6) is 5.75 Å². The Balaban J connectivity index is 0.00000242. The normalized spacial score (nSPS) is 20.6. The number of carbonyl (C=O) groups excluding carboxylic acids is 1. The summed E-state index contributed by atoms with van der Waals surface area (Å²) in [7, 11) is 0. The molecule has 1 heterocycles. The van der Waals surface area contributed by atoms with E-state index < -0.39 is 0 Å². The van der Waals surface area contributed by atoms with Crippen molar-refractivity contribution in [1.82, 2.24) is 4.90 Å². The van der Waals surface area contributed by atoms with Crippen LogP contribution in [0.2, 0.25) is 0 Å². The molecule has 1 aromatic rings. The van der Waals surface area contributed by atoms with E-state index in [9.17, 15) is 4.79 Å². The average molecular weight is 327 g/mol. The molecule has 0 bridgehead atoms. The van der Waals surface area contributed by atoms with Crippen LogP contribution in [0, 0.1) is 12.3 Å². The molecule has 1 aliphatic heterocycles. The van der Waals surface area contributed by atoms with Crippen molar-refractivity contribution in [3.8, 4) is 5.75 Å². The van der Waals surface area contributed by atoms with E-state index in [-0.39, 0.29) is 23.7 Å². The lowest BCUT2D eigenvalue weighted by atomic mass is 9.90. The van der Waals surface area contributed by atoms with Crippen LogP contribution in [0.3, 0.4) is 0 Å². The van der Waals surface area contributed by atoms with Crippen LogP contribution in [0.4, 0.5) is 0 Å². The fourth-order valence-electron chi connectivity index (χ4n) is 2.68. The number of nitrogens with zero attached hydrogens (tertiary/aromatic N) is 1. The molecule has 1 saturated heterocycles. The number of halogens is 1. The van der Waals surface area contributed by atoms with Gasteiger partial charge in [0.1, 0.15) is 5.75 Å². The summed E-state index contributed by atoms with van der Waals surface area (Å²) < 4.78 is 5.67. The second kappa shape index (κ2) is 8.39. The first-order valence-corrected chi connectivity index (χ1v) is 7.70. The number of aryl methyl sites for hydroxylation is 1. The van der Waals surface area contributed by atoms with E-state index in [4.69, 9.17) is 10.5 Å². The van der Waals surface area contributed by atoms with E-state index >= 15 is 0 Å². The molecule has 1 aromatic carbocycles. The molecular formula is C17H27ClN2O2. The number of hydrogen-bond donors (Lipinski definition) is 1. The first-order chi connectivity index (χ1) is 10.0. The van der Waals surface area contributed by atoms with Crippen LogP contribution in [0.15, 0.2) is 24.3 Å². The molecule has 0 saturated carbocycles. The maximum atomic E-state index is 12.1. The molecule has 0 radical (unpaired) electrons. The molecule has 1 amide bonds. The van der Waals surface area contributed by atoms with Gasteiger partial charge in [-0.1, -0.05) is 19.1 Å². The lowest BCUT2D eigenvalue weighted by Gasteiger charge is -2.22. The summed E-state index contributed by atoms with van der Waals surface area (Å²) >= 11 is 0. The van der Waals surface area contributed by atoms with E-state index in [1.54, 1.807) is 0 Å². The second-order valence-corrected chi connectivity index (χ2v) is 6.35. The fourth-order valence-corrected chi connectivity index (χ4v) is 2.68. The topological polar surface area (TPSA) is 55.6 Å².